The molecule has 6 heteroatoms. The van der Waals surface area contributed by atoms with Gasteiger partial charge in [0.2, 0.25) is 0 Å². The van der Waals surface area contributed by atoms with E-state index in [9.17, 15) is 4.39 Å². The van der Waals surface area contributed by atoms with E-state index in [2.05, 4.69) is 9.59 Å². The molecule has 0 saturated carbocycles. The lowest BCUT2D eigenvalue weighted by atomic mass is 10.1. The van der Waals surface area contributed by atoms with E-state index in [-0.39, 0.29) is 5.82 Å². The minimum Gasteiger partial charge on any atom is -0.319 e. The first-order chi connectivity index (χ1) is 7.18. The largest absolute Gasteiger partial charge is 0.319 e. The van der Waals surface area contributed by atoms with Crippen LogP contribution < -0.4 is 5.73 Å². The average Bonchev–Trinajstić information content (AvgIpc) is 2.74. The molecule has 1 atom stereocenters. The van der Waals surface area contributed by atoms with Gasteiger partial charge in [0.1, 0.15) is 5.82 Å². The van der Waals surface area contributed by atoms with Crippen LogP contribution in [0.15, 0.2) is 23.6 Å². The Kier molecular flexibility index (Phi) is 2.95. The molecule has 78 valence electrons. The Morgan fingerprint density at radius 3 is 2.93 bits per heavy atom. The molecule has 2 rings (SSSR count). The van der Waals surface area contributed by atoms with Gasteiger partial charge in [0.05, 0.1) is 11.7 Å². The van der Waals surface area contributed by atoms with Gasteiger partial charge < -0.3 is 5.73 Å². The van der Waals surface area contributed by atoms with Crippen LogP contribution in [0, 0.1) is 5.82 Å². The van der Waals surface area contributed by atoms with Gasteiger partial charge in [-0.05, 0) is 35.3 Å². The molecule has 1 unspecified atom stereocenters. The Morgan fingerprint density at radius 2 is 2.27 bits per heavy atom. The lowest BCUT2D eigenvalue weighted by molar-refractivity contribution is 0.623. The molecular weight excluding hydrogens is 237 g/mol. The molecule has 0 aliphatic carbocycles. The molecule has 0 aliphatic heterocycles. The van der Waals surface area contributed by atoms with Crippen LogP contribution in [-0.4, -0.2) is 9.59 Å². The lowest BCUT2D eigenvalue weighted by Crippen LogP contribution is -2.13. The highest BCUT2D eigenvalue weighted by atomic mass is 35.5. The van der Waals surface area contributed by atoms with E-state index < -0.39 is 6.04 Å². The number of nitrogens with two attached hydrogens (primary N) is 1. The van der Waals surface area contributed by atoms with E-state index in [0.29, 0.717) is 16.3 Å². The van der Waals surface area contributed by atoms with E-state index in [0.717, 1.165) is 0 Å². The van der Waals surface area contributed by atoms with E-state index >= 15 is 0 Å². The van der Waals surface area contributed by atoms with Crippen molar-refractivity contribution in [3.63, 3.8) is 0 Å². The molecule has 0 fully saturated rings. The van der Waals surface area contributed by atoms with Crippen LogP contribution in [0.2, 0.25) is 5.02 Å². The smallest absolute Gasteiger partial charge is 0.123 e. The fraction of sp³-hybridized carbons (Fsp3) is 0.111. The highest BCUT2D eigenvalue weighted by Gasteiger charge is 2.15. The van der Waals surface area contributed by atoms with Crippen molar-refractivity contribution < 1.29 is 4.39 Å². The summed E-state index contributed by atoms with van der Waals surface area (Å²) in [5, 5.41) is 5.97. The predicted octanol–water partition coefficient (Wildman–Crippen LogP) is 2.38. The number of rotatable bonds is 2. The van der Waals surface area contributed by atoms with Crippen molar-refractivity contribution in [2.75, 3.05) is 0 Å². The zero-order valence-electron chi connectivity index (χ0n) is 7.52. The summed E-state index contributed by atoms with van der Waals surface area (Å²) >= 11 is 7.11. The zero-order valence-corrected chi connectivity index (χ0v) is 9.10. The van der Waals surface area contributed by atoms with Gasteiger partial charge in [-0.3, -0.25) is 0 Å². The molecule has 0 radical (unpaired) electrons. The van der Waals surface area contributed by atoms with E-state index in [1.54, 1.807) is 5.38 Å². The number of nitrogens with zero attached hydrogens (tertiary/aromatic N) is 2. The molecule has 0 amide bonds. The third kappa shape index (κ3) is 2.14. The van der Waals surface area contributed by atoms with Gasteiger partial charge in [-0.2, -0.15) is 0 Å². The Hall–Kier alpha value is -1.04. The summed E-state index contributed by atoms with van der Waals surface area (Å²) in [5.41, 5.74) is 6.99. The number of aromatic nitrogens is 2. The first kappa shape index (κ1) is 10.5. The Balaban J connectivity index is 2.41. The van der Waals surface area contributed by atoms with E-state index in [4.69, 9.17) is 17.3 Å². The summed E-state index contributed by atoms with van der Waals surface area (Å²) in [6.07, 6.45) is 0. The van der Waals surface area contributed by atoms with Gasteiger partial charge in [-0.15, -0.1) is 5.10 Å². The summed E-state index contributed by atoms with van der Waals surface area (Å²) in [7, 11) is 0. The molecule has 2 aromatic rings. The van der Waals surface area contributed by atoms with Gasteiger partial charge in [0.25, 0.3) is 0 Å². The lowest BCUT2D eigenvalue weighted by Gasteiger charge is -2.10. The molecule has 1 aromatic heterocycles. The quantitative estimate of drug-likeness (QED) is 0.881. The number of hydrogen-bond acceptors (Lipinski definition) is 4. The molecule has 0 aliphatic rings. The van der Waals surface area contributed by atoms with Gasteiger partial charge in [-0.1, -0.05) is 16.1 Å². The Labute approximate surface area is 94.9 Å². The topological polar surface area (TPSA) is 51.8 Å². The van der Waals surface area contributed by atoms with Crippen LogP contribution in [-0.2, 0) is 0 Å². The fourth-order valence-corrected chi connectivity index (χ4v) is 1.95. The highest BCUT2D eigenvalue weighted by Crippen LogP contribution is 2.26. The molecule has 0 bridgehead atoms. The molecule has 1 heterocycles. The van der Waals surface area contributed by atoms with Crippen molar-refractivity contribution in [3.8, 4) is 0 Å². The molecule has 1 aromatic carbocycles. The standard InChI is InChI=1S/C9H7ClFN3S/c10-7-2-1-5(11)3-6(7)9(12)8-4-15-14-13-8/h1-4,9H,12H2. The molecule has 2 N–H and O–H groups in total. The van der Waals surface area contributed by atoms with Crippen molar-refractivity contribution in [2.45, 2.75) is 6.04 Å². The molecule has 0 saturated heterocycles. The molecular formula is C9H7ClFN3S. The van der Waals surface area contributed by atoms with Crippen molar-refractivity contribution >= 4 is 23.1 Å². The summed E-state index contributed by atoms with van der Waals surface area (Å²) in [6, 6.07) is 3.54. The van der Waals surface area contributed by atoms with Crippen LogP contribution in [0.3, 0.4) is 0 Å². The monoisotopic (exact) mass is 243 g/mol. The van der Waals surface area contributed by atoms with E-state index in [1.807, 2.05) is 0 Å². The van der Waals surface area contributed by atoms with E-state index in [1.165, 1.54) is 29.7 Å². The second kappa shape index (κ2) is 4.22. The van der Waals surface area contributed by atoms with Gasteiger partial charge in [0.15, 0.2) is 0 Å². The van der Waals surface area contributed by atoms with Crippen LogP contribution >= 0.6 is 23.1 Å². The maximum Gasteiger partial charge on any atom is 0.123 e. The summed E-state index contributed by atoms with van der Waals surface area (Å²) in [5.74, 6) is -0.368. The maximum absolute atomic E-state index is 13.0. The Bertz CT molecular complexity index is 460. The average molecular weight is 244 g/mol. The normalized spacial score (nSPS) is 12.7. The first-order valence-corrected chi connectivity index (χ1v) is 5.37. The third-order valence-corrected chi connectivity index (χ3v) is 2.86. The summed E-state index contributed by atoms with van der Waals surface area (Å²) < 4.78 is 16.7. The summed E-state index contributed by atoms with van der Waals surface area (Å²) in [6.45, 7) is 0. The highest BCUT2D eigenvalue weighted by molar-refractivity contribution is 7.03. The van der Waals surface area contributed by atoms with Crippen molar-refractivity contribution in [3.05, 3.63) is 45.7 Å². The number of hydrogen-bond donors (Lipinski definition) is 1. The zero-order chi connectivity index (χ0) is 10.8. The molecule has 3 nitrogen and oxygen atoms in total. The van der Waals surface area contributed by atoms with Crippen molar-refractivity contribution in [1.82, 2.24) is 9.59 Å². The van der Waals surface area contributed by atoms with Gasteiger partial charge >= 0.3 is 0 Å². The predicted molar refractivity (Wildman–Crippen MR) is 57.3 cm³/mol. The van der Waals surface area contributed by atoms with Crippen LogP contribution in [0.4, 0.5) is 4.39 Å². The number of halogens is 2. The second-order valence-corrected chi connectivity index (χ2v) is 3.99. The SMILES string of the molecule is NC(c1csnn1)c1cc(F)ccc1Cl. The minimum atomic E-state index is -0.535. The molecule has 15 heavy (non-hydrogen) atoms. The van der Waals surface area contributed by atoms with Crippen LogP contribution in [0.5, 0.6) is 0 Å². The first-order valence-electron chi connectivity index (χ1n) is 4.16. The van der Waals surface area contributed by atoms with Crippen molar-refractivity contribution in [2.24, 2.45) is 5.73 Å². The minimum absolute atomic E-state index is 0.368. The maximum atomic E-state index is 13.0. The second-order valence-electron chi connectivity index (χ2n) is 2.97. The number of benzene rings is 1. The van der Waals surface area contributed by atoms with Crippen LogP contribution in [0.1, 0.15) is 17.3 Å². The van der Waals surface area contributed by atoms with Gasteiger partial charge in [0, 0.05) is 10.4 Å². The van der Waals surface area contributed by atoms with Gasteiger partial charge in [-0.25, -0.2) is 4.39 Å². The Morgan fingerprint density at radius 1 is 1.47 bits per heavy atom. The summed E-state index contributed by atoms with van der Waals surface area (Å²) in [4.78, 5) is 0. The van der Waals surface area contributed by atoms with Crippen LogP contribution in [0.25, 0.3) is 0 Å². The van der Waals surface area contributed by atoms with Crippen molar-refractivity contribution in [1.29, 1.82) is 0 Å². The molecule has 0 spiro atoms. The fourth-order valence-electron chi connectivity index (χ4n) is 1.22. The third-order valence-electron chi connectivity index (χ3n) is 1.99.